The van der Waals surface area contributed by atoms with Crippen LogP contribution in [0.5, 0.6) is 11.5 Å². The zero-order chi connectivity index (χ0) is 17.1. The van der Waals surface area contributed by atoms with E-state index in [-0.39, 0.29) is 27.9 Å². The highest BCUT2D eigenvalue weighted by Gasteiger charge is 2.12. The van der Waals surface area contributed by atoms with Crippen LogP contribution < -0.4 is 5.43 Å². The van der Waals surface area contributed by atoms with Crippen molar-refractivity contribution in [3.05, 3.63) is 58.3 Å². The third-order valence-electron chi connectivity index (χ3n) is 3.88. The van der Waals surface area contributed by atoms with Crippen molar-refractivity contribution in [1.82, 2.24) is 0 Å². The maximum atomic E-state index is 12.2. The number of phenolic OH excluding ortho intramolecular Hbond substituents is 2. The maximum Gasteiger partial charge on any atom is 0.197 e. The molecule has 3 aromatic rings. The monoisotopic (exact) mass is 388 g/mol. The summed E-state index contributed by atoms with van der Waals surface area (Å²) >= 11 is 3.42. The predicted molar refractivity (Wildman–Crippen MR) is 98.0 cm³/mol. The molecule has 1 aromatic heterocycles. The molecule has 0 aliphatic rings. The highest BCUT2D eigenvalue weighted by Crippen LogP contribution is 2.30. The van der Waals surface area contributed by atoms with E-state index in [1.165, 1.54) is 17.7 Å². The van der Waals surface area contributed by atoms with Crippen LogP contribution in [0.25, 0.3) is 22.3 Å². The van der Waals surface area contributed by atoms with Gasteiger partial charge in [0.05, 0.1) is 0 Å². The number of halogens is 1. The quantitative estimate of drug-likeness (QED) is 0.495. The molecule has 0 saturated heterocycles. The molecule has 0 saturated carbocycles. The molecule has 3 rings (SSSR count). The second-order valence-corrected chi connectivity index (χ2v) is 6.45. The molecule has 0 amide bonds. The second kappa shape index (κ2) is 7.09. The highest BCUT2D eigenvalue weighted by atomic mass is 79.9. The lowest BCUT2D eigenvalue weighted by molar-refractivity contribution is 0.452. The summed E-state index contributed by atoms with van der Waals surface area (Å²) in [6.07, 6.45) is 3.26. The lowest BCUT2D eigenvalue weighted by Gasteiger charge is -2.06. The van der Waals surface area contributed by atoms with Gasteiger partial charge in [0.15, 0.2) is 5.43 Å². The Labute approximate surface area is 147 Å². The molecule has 4 nitrogen and oxygen atoms in total. The van der Waals surface area contributed by atoms with Gasteiger partial charge in [-0.25, -0.2) is 0 Å². The van der Waals surface area contributed by atoms with Gasteiger partial charge in [-0.15, -0.1) is 0 Å². The second-order valence-electron chi connectivity index (χ2n) is 5.66. The maximum absolute atomic E-state index is 12.2. The van der Waals surface area contributed by atoms with Crippen molar-refractivity contribution in [2.24, 2.45) is 0 Å². The minimum absolute atomic E-state index is 0.0722. The predicted octanol–water partition coefficient (Wildman–Crippen LogP) is 4.59. The molecule has 0 aliphatic carbocycles. The van der Waals surface area contributed by atoms with E-state index in [2.05, 4.69) is 15.9 Å². The van der Waals surface area contributed by atoms with Gasteiger partial charge in [-0.2, -0.15) is 0 Å². The fourth-order valence-electron chi connectivity index (χ4n) is 2.66. The van der Waals surface area contributed by atoms with Crippen LogP contribution in [0.1, 0.15) is 18.4 Å². The van der Waals surface area contributed by atoms with Crippen molar-refractivity contribution in [2.45, 2.75) is 19.3 Å². The van der Waals surface area contributed by atoms with Crippen LogP contribution in [0.15, 0.2) is 51.7 Å². The third kappa shape index (κ3) is 3.46. The Balaban J connectivity index is 1.96. The number of hydrogen-bond donors (Lipinski definition) is 2. The van der Waals surface area contributed by atoms with Crippen LogP contribution in [-0.4, -0.2) is 15.5 Å². The van der Waals surface area contributed by atoms with E-state index in [0.717, 1.165) is 36.2 Å². The van der Waals surface area contributed by atoms with Gasteiger partial charge in [-0.3, -0.25) is 4.79 Å². The van der Waals surface area contributed by atoms with Crippen molar-refractivity contribution < 1.29 is 14.6 Å². The first kappa shape index (κ1) is 16.6. The fraction of sp³-hybridized carbons (Fsp3) is 0.211. The summed E-state index contributed by atoms with van der Waals surface area (Å²) in [7, 11) is 0. The molecule has 0 spiro atoms. The molecule has 2 aromatic carbocycles. The molecule has 0 unspecified atom stereocenters. The van der Waals surface area contributed by atoms with E-state index >= 15 is 0 Å². The topological polar surface area (TPSA) is 70.7 Å². The summed E-state index contributed by atoms with van der Waals surface area (Å²) in [4.78, 5) is 12.2. The normalized spacial score (nSPS) is 11.0. The number of aryl methyl sites for hydroxylation is 1. The van der Waals surface area contributed by atoms with E-state index in [4.69, 9.17) is 4.42 Å². The molecular weight excluding hydrogens is 372 g/mol. The SMILES string of the molecule is O=c1cc(-c2ccc(CCCCBr)cc2)oc2cc(O)cc(O)c12. The van der Waals surface area contributed by atoms with Gasteiger partial charge in [0.2, 0.25) is 0 Å². The van der Waals surface area contributed by atoms with Crippen molar-refractivity contribution in [3.8, 4) is 22.8 Å². The highest BCUT2D eigenvalue weighted by molar-refractivity contribution is 9.09. The Kier molecular flexibility index (Phi) is 4.90. The van der Waals surface area contributed by atoms with E-state index in [1.807, 2.05) is 24.3 Å². The largest absolute Gasteiger partial charge is 0.508 e. The Bertz CT molecular complexity index is 913. The smallest absolute Gasteiger partial charge is 0.197 e. The summed E-state index contributed by atoms with van der Waals surface area (Å²) in [6, 6.07) is 11.7. The van der Waals surface area contributed by atoms with Crippen LogP contribution in [0, 0.1) is 0 Å². The molecular formula is C19H17BrO4. The summed E-state index contributed by atoms with van der Waals surface area (Å²) in [5.41, 5.74) is 1.83. The number of rotatable bonds is 5. The minimum atomic E-state index is -0.342. The van der Waals surface area contributed by atoms with Crippen molar-refractivity contribution in [3.63, 3.8) is 0 Å². The molecule has 0 atom stereocenters. The lowest BCUT2D eigenvalue weighted by atomic mass is 10.0. The average Bonchev–Trinajstić information content (AvgIpc) is 2.54. The summed E-state index contributed by atoms with van der Waals surface area (Å²) in [6.45, 7) is 0. The number of aromatic hydroxyl groups is 2. The van der Waals surface area contributed by atoms with Crippen LogP contribution in [0.3, 0.4) is 0 Å². The summed E-state index contributed by atoms with van der Waals surface area (Å²) < 4.78 is 5.70. The third-order valence-corrected chi connectivity index (χ3v) is 4.44. The zero-order valence-electron chi connectivity index (χ0n) is 13.0. The van der Waals surface area contributed by atoms with E-state index < -0.39 is 0 Å². The number of unbranched alkanes of at least 4 members (excludes halogenated alkanes) is 1. The van der Waals surface area contributed by atoms with Gasteiger partial charge >= 0.3 is 0 Å². The Morgan fingerprint density at radius 2 is 1.75 bits per heavy atom. The molecule has 124 valence electrons. The molecule has 1 heterocycles. The lowest BCUT2D eigenvalue weighted by Crippen LogP contribution is -2.00. The first-order valence-corrected chi connectivity index (χ1v) is 8.86. The van der Waals surface area contributed by atoms with Crippen molar-refractivity contribution in [1.29, 1.82) is 0 Å². The number of fused-ring (bicyclic) bond motifs is 1. The van der Waals surface area contributed by atoms with Gasteiger partial charge in [0.1, 0.15) is 28.2 Å². The number of phenols is 2. The Morgan fingerprint density at radius 3 is 2.46 bits per heavy atom. The Morgan fingerprint density at radius 1 is 1.00 bits per heavy atom. The molecule has 5 heteroatoms. The van der Waals surface area contributed by atoms with Gasteiger partial charge in [-0.1, -0.05) is 40.2 Å². The van der Waals surface area contributed by atoms with Crippen LogP contribution in [0.4, 0.5) is 0 Å². The van der Waals surface area contributed by atoms with E-state index in [9.17, 15) is 15.0 Å². The zero-order valence-corrected chi connectivity index (χ0v) is 14.5. The first-order chi connectivity index (χ1) is 11.6. The van der Waals surface area contributed by atoms with Crippen molar-refractivity contribution in [2.75, 3.05) is 5.33 Å². The van der Waals surface area contributed by atoms with E-state index in [1.54, 1.807) is 0 Å². The molecule has 0 fully saturated rings. The summed E-state index contributed by atoms with van der Waals surface area (Å²) in [5.74, 6) is -0.0283. The van der Waals surface area contributed by atoms with Gasteiger partial charge in [0.25, 0.3) is 0 Å². The molecule has 0 bridgehead atoms. The van der Waals surface area contributed by atoms with Gasteiger partial charge in [-0.05, 0) is 24.8 Å². The Hall–Kier alpha value is -2.27. The summed E-state index contributed by atoms with van der Waals surface area (Å²) in [5, 5.41) is 20.5. The number of benzene rings is 2. The van der Waals surface area contributed by atoms with Gasteiger partial charge < -0.3 is 14.6 Å². The van der Waals surface area contributed by atoms with Crippen LogP contribution in [-0.2, 0) is 6.42 Å². The standard InChI is InChI=1S/C19H17BrO4/c20-8-2-1-3-12-4-6-13(7-5-12)17-11-16(23)19-15(22)9-14(21)10-18(19)24-17/h4-7,9-11,21-22H,1-3,8H2. The fourth-order valence-corrected chi connectivity index (χ4v) is 3.05. The average molecular weight is 389 g/mol. The van der Waals surface area contributed by atoms with Gasteiger partial charge in [0, 0.05) is 29.1 Å². The molecule has 24 heavy (non-hydrogen) atoms. The van der Waals surface area contributed by atoms with Crippen molar-refractivity contribution >= 4 is 26.9 Å². The number of alkyl halides is 1. The molecule has 0 radical (unpaired) electrons. The van der Waals surface area contributed by atoms with Crippen LogP contribution in [0.2, 0.25) is 0 Å². The van der Waals surface area contributed by atoms with E-state index in [0.29, 0.717) is 5.76 Å². The van der Waals surface area contributed by atoms with Crippen LogP contribution >= 0.6 is 15.9 Å². The minimum Gasteiger partial charge on any atom is -0.508 e. The first-order valence-electron chi connectivity index (χ1n) is 7.73. The molecule has 2 N–H and O–H groups in total. The molecule has 0 aliphatic heterocycles. The number of hydrogen-bond acceptors (Lipinski definition) is 4.